The second-order valence-corrected chi connectivity index (χ2v) is 9.07. The molecule has 1 fully saturated rings. The van der Waals surface area contributed by atoms with Crippen molar-refractivity contribution in [3.63, 3.8) is 0 Å². The minimum atomic E-state index is 0.00726. The van der Waals surface area contributed by atoms with Crippen LogP contribution in [0.4, 0.5) is 0 Å². The number of fused-ring (bicyclic) bond motifs is 3. The van der Waals surface area contributed by atoms with Crippen LogP contribution in [0.3, 0.4) is 0 Å². The van der Waals surface area contributed by atoms with Gasteiger partial charge in [0.1, 0.15) is 0 Å². The minimum absolute atomic E-state index is 0.00726. The van der Waals surface area contributed by atoms with Crippen LogP contribution in [0.5, 0.6) is 0 Å². The van der Waals surface area contributed by atoms with E-state index in [9.17, 15) is 4.79 Å². The van der Waals surface area contributed by atoms with Gasteiger partial charge in [0.05, 0.1) is 15.9 Å². The minimum Gasteiger partial charge on any atom is -0.352 e. The summed E-state index contributed by atoms with van der Waals surface area (Å²) in [5, 5.41) is 3.11. The van der Waals surface area contributed by atoms with Crippen molar-refractivity contribution < 1.29 is 4.79 Å². The molecule has 2 aromatic heterocycles. The summed E-state index contributed by atoms with van der Waals surface area (Å²) in [4.78, 5) is 20.7. The molecular weight excluding hydrogens is 380 g/mol. The van der Waals surface area contributed by atoms with Crippen molar-refractivity contribution in [3.05, 3.63) is 59.8 Å². The Hall–Kier alpha value is -2.70. The first-order valence-corrected chi connectivity index (χ1v) is 10.8. The summed E-state index contributed by atoms with van der Waals surface area (Å²) in [6.45, 7) is 5.01. The van der Waals surface area contributed by atoms with Crippen molar-refractivity contribution in [1.82, 2.24) is 19.6 Å². The number of benzene rings is 2. The van der Waals surface area contributed by atoms with Gasteiger partial charge in [-0.05, 0) is 51.1 Å². The Balaban J connectivity index is 1.37. The van der Waals surface area contributed by atoms with Crippen LogP contribution < -0.4 is 5.32 Å². The smallest absolute Gasteiger partial charge is 0.251 e. The number of amides is 1. The Bertz CT molecular complexity index is 1190. The van der Waals surface area contributed by atoms with Gasteiger partial charge in [-0.3, -0.25) is 9.20 Å². The molecule has 3 heterocycles. The van der Waals surface area contributed by atoms with Crippen LogP contribution in [-0.2, 0) is 0 Å². The number of carbonyl (C=O) groups excluding carboxylic acids is 1. The molecule has 6 heteroatoms. The van der Waals surface area contributed by atoms with Gasteiger partial charge in [-0.15, -0.1) is 0 Å². The first-order valence-electron chi connectivity index (χ1n) is 10.0. The Morgan fingerprint density at radius 2 is 2.07 bits per heavy atom. The summed E-state index contributed by atoms with van der Waals surface area (Å²) in [6, 6.07) is 14.3. The number of hydrogen-bond donors (Lipinski definition) is 1. The van der Waals surface area contributed by atoms with Crippen molar-refractivity contribution in [2.24, 2.45) is 5.92 Å². The van der Waals surface area contributed by atoms with Crippen LogP contribution in [0.25, 0.3) is 26.4 Å². The zero-order chi connectivity index (χ0) is 20.0. The summed E-state index contributed by atoms with van der Waals surface area (Å²) in [6.07, 6.45) is 3.23. The zero-order valence-corrected chi connectivity index (χ0v) is 17.5. The number of nitrogens with zero attached hydrogens (tertiary/aromatic N) is 3. The van der Waals surface area contributed by atoms with Crippen molar-refractivity contribution in [3.8, 4) is 11.3 Å². The fraction of sp³-hybridized carbons (Fsp3) is 0.304. The number of imidazole rings is 1. The molecule has 29 heavy (non-hydrogen) atoms. The number of aromatic nitrogens is 2. The average Bonchev–Trinajstić information content (AvgIpc) is 3.40. The van der Waals surface area contributed by atoms with E-state index >= 15 is 0 Å². The van der Waals surface area contributed by atoms with E-state index in [1.807, 2.05) is 18.2 Å². The van der Waals surface area contributed by atoms with Gasteiger partial charge in [-0.1, -0.05) is 41.2 Å². The Morgan fingerprint density at radius 3 is 2.83 bits per heavy atom. The predicted octanol–water partition coefficient (Wildman–Crippen LogP) is 4.21. The van der Waals surface area contributed by atoms with Crippen LogP contribution in [-0.4, -0.2) is 46.9 Å². The van der Waals surface area contributed by atoms with E-state index in [0.29, 0.717) is 11.5 Å². The van der Waals surface area contributed by atoms with Gasteiger partial charge in [0.25, 0.3) is 5.91 Å². The molecule has 0 unspecified atom stereocenters. The monoisotopic (exact) mass is 404 g/mol. The van der Waals surface area contributed by atoms with Crippen molar-refractivity contribution in [2.75, 3.05) is 26.7 Å². The van der Waals surface area contributed by atoms with Crippen molar-refractivity contribution >= 4 is 32.4 Å². The Kier molecular flexibility index (Phi) is 4.60. The molecular formula is C23H24N4OS. The lowest BCUT2D eigenvalue weighted by atomic mass is 10.1. The van der Waals surface area contributed by atoms with Gasteiger partial charge < -0.3 is 10.2 Å². The molecule has 5 rings (SSSR count). The fourth-order valence-corrected chi connectivity index (χ4v) is 5.08. The average molecular weight is 405 g/mol. The van der Waals surface area contributed by atoms with E-state index in [1.165, 1.54) is 5.56 Å². The van der Waals surface area contributed by atoms with Gasteiger partial charge in [0.2, 0.25) is 0 Å². The molecule has 5 nitrogen and oxygen atoms in total. The normalized spacial score (nSPS) is 17.4. The summed E-state index contributed by atoms with van der Waals surface area (Å²) < 4.78 is 3.20. The molecule has 0 saturated carbocycles. The van der Waals surface area contributed by atoms with Gasteiger partial charge in [0.15, 0.2) is 4.96 Å². The molecule has 1 aliphatic heterocycles. The lowest BCUT2D eigenvalue weighted by molar-refractivity contribution is 0.0947. The lowest BCUT2D eigenvalue weighted by Gasteiger charge is -2.11. The molecule has 0 aliphatic carbocycles. The molecule has 1 atom stereocenters. The fourth-order valence-electron chi connectivity index (χ4n) is 4.04. The van der Waals surface area contributed by atoms with E-state index in [4.69, 9.17) is 4.98 Å². The third kappa shape index (κ3) is 3.54. The van der Waals surface area contributed by atoms with Gasteiger partial charge in [-0.2, -0.15) is 0 Å². The number of rotatable bonds is 4. The molecule has 2 aromatic carbocycles. The van der Waals surface area contributed by atoms with Gasteiger partial charge in [-0.25, -0.2) is 4.98 Å². The lowest BCUT2D eigenvalue weighted by Crippen LogP contribution is -2.30. The number of likely N-dealkylation sites (tertiary alicyclic amines) is 1. The predicted molar refractivity (Wildman–Crippen MR) is 119 cm³/mol. The number of thiazole rings is 1. The number of carbonyl (C=O) groups is 1. The van der Waals surface area contributed by atoms with Crippen LogP contribution in [0.1, 0.15) is 22.3 Å². The number of aryl methyl sites for hydroxylation is 1. The van der Waals surface area contributed by atoms with Crippen molar-refractivity contribution in [2.45, 2.75) is 13.3 Å². The first-order chi connectivity index (χ1) is 14.1. The van der Waals surface area contributed by atoms with Crippen molar-refractivity contribution in [1.29, 1.82) is 0 Å². The molecule has 1 saturated heterocycles. The van der Waals surface area contributed by atoms with Crippen LogP contribution in [0.15, 0.2) is 48.7 Å². The molecule has 0 bridgehead atoms. The zero-order valence-electron chi connectivity index (χ0n) is 16.7. The number of hydrogen-bond acceptors (Lipinski definition) is 4. The Labute approximate surface area is 174 Å². The highest BCUT2D eigenvalue weighted by atomic mass is 32.1. The first kappa shape index (κ1) is 18.3. The SMILES string of the molecule is Cc1ccc(-c2cn3c(n2)sc2cc(C(=O)NC[C@@H]4CCN(C)C4)ccc23)cc1. The molecule has 4 aromatic rings. The summed E-state index contributed by atoms with van der Waals surface area (Å²) in [7, 11) is 2.13. The molecule has 1 N–H and O–H groups in total. The second kappa shape index (κ2) is 7.28. The van der Waals surface area contributed by atoms with Crippen LogP contribution in [0, 0.1) is 12.8 Å². The largest absolute Gasteiger partial charge is 0.352 e. The van der Waals surface area contributed by atoms with Gasteiger partial charge in [0, 0.05) is 30.4 Å². The summed E-state index contributed by atoms with van der Waals surface area (Å²) in [5.41, 5.74) is 5.14. The highest BCUT2D eigenvalue weighted by Crippen LogP contribution is 2.30. The van der Waals surface area contributed by atoms with Gasteiger partial charge >= 0.3 is 0 Å². The maximum absolute atomic E-state index is 12.6. The second-order valence-electron chi connectivity index (χ2n) is 8.06. The quantitative estimate of drug-likeness (QED) is 0.554. The highest BCUT2D eigenvalue weighted by molar-refractivity contribution is 7.23. The van der Waals surface area contributed by atoms with Crippen LogP contribution in [0.2, 0.25) is 0 Å². The van der Waals surface area contributed by atoms with Crippen LogP contribution >= 0.6 is 11.3 Å². The number of nitrogens with one attached hydrogen (secondary N) is 1. The molecule has 1 amide bonds. The van der Waals surface area contributed by atoms with E-state index in [-0.39, 0.29) is 5.91 Å². The molecule has 0 spiro atoms. The topological polar surface area (TPSA) is 49.6 Å². The summed E-state index contributed by atoms with van der Waals surface area (Å²) in [5.74, 6) is 0.561. The van der Waals surface area contributed by atoms with E-state index in [0.717, 1.165) is 52.5 Å². The van der Waals surface area contributed by atoms with E-state index in [1.54, 1.807) is 11.3 Å². The Morgan fingerprint density at radius 1 is 1.24 bits per heavy atom. The molecule has 1 aliphatic rings. The highest BCUT2D eigenvalue weighted by Gasteiger charge is 2.20. The standard InChI is InChI=1S/C23H24N4OS/c1-15-3-5-17(6-4-15)19-14-27-20-8-7-18(11-21(20)29-23(27)25-19)22(28)24-12-16-9-10-26(2)13-16/h3-8,11,14,16H,9-10,12-13H2,1-2H3,(H,24,28)/t16-/m0/s1. The maximum atomic E-state index is 12.6. The maximum Gasteiger partial charge on any atom is 0.251 e. The third-order valence-electron chi connectivity index (χ3n) is 5.74. The third-order valence-corrected chi connectivity index (χ3v) is 6.76. The summed E-state index contributed by atoms with van der Waals surface area (Å²) >= 11 is 1.62. The molecule has 0 radical (unpaired) electrons. The van der Waals surface area contributed by atoms with E-state index < -0.39 is 0 Å². The van der Waals surface area contributed by atoms with E-state index in [2.05, 4.69) is 59.1 Å². The molecule has 148 valence electrons.